The van der Waals surface area contributed by atoms with Crippen molar-refractivity contribution in [3.05, 3.63) is 28.2 Å². The number of likely N-dealkylation sites (tertiary alicyclic amines) is 1. The zero-order valence-electron chi connectivity index (χ0n) is 11.0. The first-order chi connectivity index (χ1) is 9.63. The molecule has 2 aliphatic heterocycles. The maximum atomic E-state index is 12.5. The Morgan fingerprint density at radius 2 is 2.10 bits per heavy atom. The Morgan fingerprint density at radius 3 is 2.85 bits per heavy atom. The lowest BCUT2D eigenvalue weighted by Crippen LogP contribution is -2.33. The fraction of sp³-hybridized carbons (Fsp3) is 0.467. The second kappa shape index (κ2) is 4.07. The average Bonchev–Trinajstić information content (AvgIpc) is 2.82. The van der Waals surface area contributed by atoms with Gasteiger partial charge in [-0.1, -0.05) is 15.9 Å². The maximum absolute atomic E-state index is 12.5. The number of amides is 2. The van der Waals surface area contributed by atoms with E-state index >= 15 is 0 Å². The Kier molecular flexibility index (Phi) is 2.52. The fourth-order valence-electron chi connectivity index (χ4n) is 3.62. The van der Waals surface area contributed by atoms with Crippen LogP contribution in [0.5, 0.6) is 0 Å². The van der Waals surface area contributed by atoms with Gasteiger partial charge in [0.25, 0.3) is 0 Å². The Bertz CT molecular complexity index is 624. The summed E-state index contributed by atoms with van der Waals surface area (Å²) in [6.45, 7) is 1.69. The van der Waals surface area contributed by atoms with E-state index in [-0.39, 0.29) is 17.7 Å². The van der Waals surface area contributed by atoms with Crippen molar-refractivity contribution >= 4 is 33.4 Å². The number of hydrogen-bond donors (Lipinski definition) is 1. The molecule has 5 heteroatoms. The molecule has 1 aromatic rings. The molecule has 104 valence electrons. The normalized spacial score (nSPS) is 30.6. The van der Waals surface area contributed by atoms with Crippen molar-refractivity contribution in [2.75, 3.05) is 18.4 Å². The second-order valence-corrected chi connectivity index (χ2v) is 6.82. The summed E-state index contributed by atoms with van der Waals surface area (Å²) < 4.78 is 0.950. The van der Waals surface area contributed by atoms with Crippen molar-refractivity contribution in [3.63, 3.8) is 0 Å². The first kappa shape index (κ1) is 12.4. The summed E-state index contributed by atoms with van der Waals surface area (Å²) in [6.07, 6.45) is 2.82. The van der Waals surface area contributed by atoms with Gasteiger partial charge in [-0.2, -0.15) is 0 Å². The number of halogens is 1. The van der Waals surface area contributed by atoms with Crippen molar-refractivity contribution < 1.29 is 9.59 Å². The number of rotatable bonds is 1. The smallest absolute Gasteiger partial charge is 0.235 e. The van der Waals surface area contributed by atoms with Gasteiger partial charge in [0.2, 0.25) is 11.8 Å². The number of anilines is 1. The number of nitrogens with zero attached hydrogens (tertiary/aromatic N) is 1. The highest BCUT2D eigenvalue weighted by atomic mass is 79.9. The summed E-state index contributed by atoms with van der Waals surface area (Å²) in [7, 11) is 0. The van der Waals surface area contributed by atoms with Gasteiger partial charge in [0, 0.05) is 23.2 Å². The Balaban J connectivity index is 1.68. The standard InChI is InChI=1S/C15H15BrN2O2/c16-9-3-4-12-10(7-9)15(14(20)17-12)8-11(15)13(19)18-5-1-2-6-18/h3-4,7,11H,1-2,5-6,8H2,(H,17,20)/t11-,15-/m1/s1. The summed E-state index contributed by atoms with van der Waals surface area (Å²) in [5.41, 5.74) is 1.24. The van der Waals surface area contributed by atoms with Crippen LogP contribution in [0.4, 0.5) is 5.69 Å². The molecule has 20 heavy (non-hydrogen) atoms. The molecule has 4 rings (SSSR count). The van der Waals surface area contributed by atoms with E-state index in [1.807, 2.05) is 23.1 Å². The van der Waals surface area contributed by atoms with Crippen LogP contribution in [0.1, 0.15) is 24.8 Å². The third-order valence-corrected chi connectivity index (χ3v) is 5.29. The highest BCUT2D eigenvalue weighted by Crippen LogP contribution is 2.60. The lowest BCUT2D eigenvalue weighted by Gasteiger charge is -2.17. The van der Waals surface area contributed by atoms with Crippen LogP contribution in [0.3, 0.4) is 0 Å². The van der Waals surface area contributed by atoms with Crippen molar-refractivity contribution in [2.24, 2.45) is 5.92 Å². The van der Waals surface area contributed by atoms with Gasteiger partial charge in [-0.3, -0.25) is 9.59 Å². The predicted molar refractivity (Wildman–Crippen MR) is 78.4 cm³/mol. The molecular weight excluding hydrogens is 320 g/mol. The summed E-state index contributed by atoms with van der Waals surface area (Å²) in [4.78, 5) is 26.8. The summed E-state index contributed by atoms with van der Waals surface area (Å²) >= 11 is 3.45. The van der Waals surface area contributed by atoms with E-state index in [2.05, 4.69) is 21.2 Å². The molecule has 2 heterocycles. The molecule has 0 bridgehead atoms. The second-order valence-electron chi connectivity index (χ2n) is 5.90. The van der Waals surface area contributed by atoms with Gasteiger partial charge in [0.05, 0.1) is 11.3 Å². The van der Waals surface area contributed by atoms with Crippen LogP contribution >= 0.6 is 15.9 Å². The summed E-state index contributed by atoms with van der Waals surface area (Å²) in [6, 6.07) is 5.80. The fourth-order valence-corrected chi connectivity index (χ4v) is 3.98. The van der Waals surface area contributed by atoms with Crippen LogP contribution in [-0.4, -0.2) is 29.8 Å². The van der Waals surface area contributed by atoms with E-state index in [0.29, 0.717) is 6.42 Å². The Morgan fingerprint density at radius 1 is 1.35 bits per heavy atom. The topological polar surface area (TPSA) is 49.4 Å². The quantitative estimate of drug-likeness (QED) is 0.856. The molecule has 0 unspecified atom stereocenters. The lowest BCUT2D eigenvalue weighted by atomic mass is 9.94. The van der Waals surface area contributed by atoms with Crippen LogP contribution in [0.25, 0.3) is 0 Å². The first-order valence-electron chi connectivity index (χ1n) is 7.03. The van der Waals surface area contributed by atoms with Gasteiger partial charge in [-0.05, 0) is 43.0 Å². The van der Waals surface area contributed by atoms with Crippen LogP contribution in [0.15, 0.2) is 22.7 Å². The van der Waals surface area contributed by atoms with Crippen LogP contribution < -0.4 is 5.32 Å². The minimum atomic E-state index is -0.598. The largest absolute Gasteiger partial charge is 0.342 e. The Hall–Kier alpha value is -1.36. The van der Waals surface area contributed by atoms with E-state index in [4.69, 9.17) is 0 Å². The van der Waals surface area contributed by atoms with Gasteiger partial charge in [-0.15, -0.1) is 0 Å². The maximum Gasteiger partial charge on any atom is 0.235 e. The minimum absolute atomic E-state index is 0.0110. The molecule has 1 N–H and O–H groups in total. The zero-order chi connectivity index (χ0) is 13.9. The Labute approximate surface area is 125 Å². The number of nitrogens with one attached hydrogen (secondary N) is 1. The van der Waals surface area contributed by atoms with Gasteiger partial charge in [0.1, 0.15) is 0 Å². The molecule has 4 nitrogen and oxygen atoms in total. The number of benzene rings is 1. The third kappa shape index (κ3) is 1.53. The minimum Gasteiger partial charge on any atom is -0.342 e. The number of fused-ring (bicyclic) bond motifs is 2. The molecular formula is C15H15BrN2O2. The third-order valence-electron chi connectivity index (χ3n) is 4.79. The molecule has 1 saturated carbocycles. The van der Waals surface area contributed by atoms with E-state index in [1.54, 1.807) is 0 Å². The first-order valence-corrected chi connectivity index (χ1v) is 7.82. The van der Waals surface area contributed by atoms with Crippen LogP contribution in [0, 0.1) is 5.92 Å². The highest BCUT2D eigenvalue weighted by molar-refractivity contribution is 9.10. The number of hydrogen-bond acceptors (Lipinski definition) is 2. The highest BCUT2D eigenvalue weighted by Gasteiger charge is 2.68. The van der Waals surface area contributed by atoms with Crippen LogP contribution in [0.2, 0.25) is 0 Å². The monoisotopic (exact) mass is 334 g/mol. The van der Waals surface area contributed by atoms with Gasteiger partial charge >= 0.3 is 0 Å². The zero-order valence-corrected chi connectivity index (χ0v) is 12.6. The molecule has 0 radical (unpaired) electrons. The van der Waals surface area contributed by atoms with E-state index in [1.165, 1.54) is 0 Å². The van der Waals surface area contributed by atoms with Crippen molar-refractivity contribution in [1.82, 2.24) is 4.90 Å². The van der Waals surface area contributed by atoms with E-state index in [0.717, 1.165) is 41.7 Å². The molecule has 2 fully saturated rings. The van der Waals surface area contributed by atoms with Crippen molar-refractivity contribution in [3.8, 4) is 0 Å². The average molecular weight is 335 g/mol. The van der Waals surface area contributed by atoms with Crippen molar-refractivity contribution in [2.45, 2.75) is 24.7 Å². The molecule has 1 aromatic carbocycles. The molecule has 1 aliphatic carbocycles. The van der Waals surface area contributed by atoms with Gasteiger partial charge in [0.15, 0.2) is 0 Å². The summed E-state index contributed by atoms with van der Waals surface area (Å²) in [5, 5.41) is 2.92. The van der Waals surface area contributed by atoms with E-state index < -0.39 is 5.41 Å². The van der Waals surface area contributed by atoms with Crippen molar-refractivity contribution in [1.29, 1.82) is 0 Å². The van der Waals surface area contributed by atoms with Crippen LogP contribution in [-0.2, 0) is 15.0 Å². The molecule has 2 amide bonds. The molecule has 3 aliphatic rings. The van der Waals surface area contributed by atoms with E-state index in [9.17, 15) is 9.59 Å². The van der Waals surface area contributed by atoms with Gasteiger partial charge < -0.3 is 10.2 Å². The van der Waals surface area contributed by atoms with Gasteiger partial charge in [-0.25, -0.2) is 0 Å². The molecule has 1 saturated heterocycles. The predicted octanol–water partition coefficient (Wildman–Crippen LogP) is 2.28. The summed E-state index contributed by atoms with van der Waals surface area (Å²) in [5.74, 6) is -0.0234. The number of carbonyl (C=O) groups is 2. The molecule has 0 aromatic heterocycles. The number of carbonyl (C=O) groups excluding carboxylic acids is 2. The molecule has 1 spiro atoms. The lowest BCUT2D eigenvalue weighted by molar-refractivity contribution is -0.133. The SMILES string of the molecule is O=C([C@H]1C[C@]12C(=O)Nc1ccc(Br)cc12)N1CCCC1. The molecule has 2 atom stereocenters.